The van der Waals surface area contributed by atoms with Gasteiger partial charge in [0.1, 0.15) is 0 Å². The fraction of sp³-hybridized carbons (Fsp3) is 0.583. The quantitative estimate of drug-likeness (QED) is 0.666. The molecular weight excluding hydrogens is 302 g/mol. The molecule has 1 aromatic rings. The summed E-state index contributed by atoms with van der Waals surface area (Å²) in [5.74, 6) is 0.802. The summed E-state index contributed by atoms with van der Waals surface area (Å²) in [6.45, 7) is 1.43. The molecule has 2 heterocycles. The summed E-state index contributed by atoms with van der Waals surface area (Å²) < 4.78 is 0. The lowest BCUT2D eigenvalue weighted by Gasteiger charge is -2.17. The summed E-state index contributed by atoms with van der Waals surface area (Å²) in [6, 6.07) is 1.56. The predicted molar refractivity (Wildman–Crippen MR) is 78.3 cm³/mol. The molecule has 3 atom stereocenters. The Morgan fingerprint density at radius 3 is 2.80 bits per heavy atom. The second kappa shape index (κ2) is 5.67. The van der Waals surface area contributed by atoms with Gasteiger partial charge in [0.15, 0.2) is 0 Å². The van der Waals surface area contributed by atoms with Crippen molar-refractivity contribution in [3.05, 3.63) is 27.1 Å². The van der Waals surface area contributed by atoms with Crippen LogP contribution >= 0.6 is 23.7 Å². The van der Waals surface area contributed by atoms with E-state index in [1.807, 2.05) is 0 Å². The molecule has 0 spiro atoms. The number of carbonyl (C=O) groups is 1. The van der Waals surface area contributed by atoms with Crippen molar-refractivity contribution >= 4 is 34.7 Å². The Hall–Kier alpha value is -1.18. The first-order valence-corrected chi connectivity index (χ1v) is 7.22. The van der Waals surface area contributed by atoms with E-state index in [4.69, 9.17) is 5.73 Å². The molecule has 3 unspecified atom stereocenters. The van der Waals surface area contributed by atoms with Gasteiger partial charge in [-0.15, -0.1) is 12.4 Å². The maximum atomic E-state index is 12.3. The van der Waals surface area contributed by atoms with Crippen LogP contribution in [-0.2, 0) is 0 Å². The van der Waals surface area contributed by atoms with Crippen molar-refractivity contribution in [2.24, 2.45) is 17.6 Å². The van der Waals surface area contributed by atoms with Crippen LogP contribution in [0, 0.1) is 22.0 Å². The van der Waals surface area contributed by atoms with Gasteiger partial charge in [0.05, 0.1) is 10.5 Å². The van der Waals surface area contributed by atoms with Crippen LogP contribution in [0.2, 0.25) is 0 Å². The highest BCUT2D eigenvalue weighted by Gasteiger charge is 2.42. The third-order valence-corrected chi connectivity index (χ3v) is 5.09. The first-order chi connectivity index (χ1) is 9.06. The monoisotopic (exact) mass is 317 g/mol. The summed E-state index contributed by atoms with van der Waals surface area (Å²) in [7, 11) is 0. The Kier molecular flexibility index (Phi) is 4.31. The lowest BCUT2D eigenvalue weighted by Crippen LogP contribution is -2.33. The standard InChI is InChI=1S/C12H15N3O3S.ClH/c13-10-2-1-7-4-14(5-9(7)10)12(16)8-3-11(15(17)18)19-6-8;/h3,6-7,9-10H,1-2,4-5,13H2;1H. The molecular formula is C12H16ClN3O3S. The van der Waals surface area contributed by atoms with E-state index in [0.717, 1.165) is 30.7 Å². The van der Waals surface area contributed by atoms with E-state index in [1.54, 1.807) is 10.3 Å². The smallest absolute Gasteiger partial charge is 0.324 e. The molecule has 6 nitrogen and oxygen atoms in total. The third-order valence-electron chi connectivity index (χ3n) is 4.21. The molecule has 8 heteroatoms. The predicted octanol–water partition coefficient (Wildman–Crippen LogP) is 1.89. The van der Waals surface area contributed by atoms with E-state index in [1.165, 1.54) is 6.07 Å². The van der Waals surface area contributed by atoms with Crippen LogP contribution in [-0.4, -0.2) is 34.9 Å². The van der Waals surface area contributed by atoms with Crippen LogP contribution in [0.15, 0.2) is 11.4 Å². The van der Waals surface area contributed by atoms with Crippen molar-refractivity contribution in [1.29, 1.82) is 0 Å². The molecule has 3 rings (SSSR count). The van der Waals surface area contributed by atoms with Crippen LogP contribution in [0.3, 0.4) is 0 Å². The van der Waals surface area contributed by atoms with Gasteiger partial charge in [0.25, 0.3) is 5.91 Å². The molecule has 20 heavy (non-hydrogen) atoms. The first kappa shape index (κ1) is 15.2. The average molecular weight is 318 g/mol. The van der Waals surface area contributed by atoms with Crippen LogP contribution in [0.5, 0.6) is 0 Å². The van der Waals surface area contributed by atoms with Gasteiger partial charge in [0, 0.05) is 30.6 Å². The third kappa shape index (κ3) is 2.53. The summed E-state index contributed by atoms with van der Waals surface area (Å²) >= 11 is 0.995. The van der Waals surface area contributed by atoms with E-state index in [2.05, 4.69) is 0 Å². The van der Waals surface area contributed by atoms with Crippen molar-refractivity contribution in [3.8, 4) is 0 Å². The van der Waals surface area contributed by atoms with Gasteiger partial charge in [-0.3, -0.25) is 14.9 Å². The first-order valence-electron chi connectivity index (χ1n) is 6.34. The van der Waals surface area contributed by atoms with Gasteiger partial charge in [-0.25, -0.2) is 0 Å². The Morgan fingerprint density at radius 1 is 1.45 bits per heavy atom. The highest BCUT2D eigenvalue weighted by Crippen LogP contribution is 2.38. The van der Waals surface area contributed by atoms with Crippen LogP contribution < -0.4 is 5.73 Å². The van der Waals surface area contributed by atoms with Crippen molar-refractivity contribution in [3.63, 3.8) is 0 Å². The number of rotatable bonds is 2. The number of hydrogen-bond donors (Lipinski definition) is 1. The summed E-state index contributed by atoms with van der Waals surface area (Å²) in [5.41, 5.74) is 6.46. The zero-order chi connectivity index (χ0) is 13.6. The molecule has 1 saturated carbocycles. The number of nitrogens with two attached hydrogens (primary N) is 1. The lowest BCUT2D eigenvalue weighted by atomic mass is 9.98. The Balaban J connectivity index is 0.00000147. The summed E-state index contributed by atoms with van der Waals surface area (Å²) in [6.07, 6.45) is 2.13. The number of thiophene rings is 1. The van der Waals surface area contributed by atoms with Gasteiger partial charge < -0.3 is 10.6 Å². The van der Waals surface area contributed by atoms with Crippen LogP contribution in [0.4, 0.5) is 5.00 Å². The minimum atomic E-state index is -0.462. The lowest BCUT2D eigenvalue weighted by molar-refractivity contribution is -0.380. The van der Waals surface area contributed by atoms with E-state index >= 15 is 0 Å². The van der Waals surface area contributed by atoms with E-state index < -0.39 is 4.92 Å². The number of carbonyl (C=O) groups excluding carboxylic acids is 1. The number of nitro groups is 1. The minimum Gasteiger partial charge on any atom is -0.338 e. The van der Waals surface area contributed by atoms with Crippen molar-refractivity contribution in [2.45, 2.75) is 18.9 Å². The molecule has 110 valence electrons. The highest BCUT2D eigenvalue weighted by atomic mass is 35.5. The summed E-state index contributed by atoms with van der Waals surface area (Å²) in [4.78, 5) is 24.3. The summed E-state index contributed by atoms with van der Waals surface area (Å²) in [5, 5.41) is 12.2. The number of nitrogens with zero attached hydrogens (tertiary/aromatic N) is 2. The van der Waals surface area contributed by atoms with Crippen molar-refractivity contribution < 1.29 is 9.72 Å². The Bertz CT molecular complexity index is 536. The largest absolute Gasteiger partial charge is 0.338 e. The second-order valence-corrected chi connectivity index (χ2v) is 6.20. The second-order valence-electron chi connectivity index (χ2n) is 5.31. The number of likely N-dealkylation sites (tertiary alicyclic amines) is 1. The Labute approximate surface area is 126 Å². The fourth-order valence-corrected chi connectivity index (χ4v) is 3.89. The van der Waals surface area contributed by atoms with Crippen molar-refractivity contribution in [1.82, 2.24) is 4.90 Å². The molecule has 0 bridgehead atoms. The highest BCUT2D eigenvalue weighted by molar-refractivity contribution is 7.13. The van der Waals surface area contributed by atoms with E-state index in [9.17, 15) is 14.9 Å². The number of amides is 1. The van der Waals surface area contributed by atoms with Gasteiger partial charge in [-0.05, 0) is 24.7 Å². The maximum absolute atomic E-state index is 12.3. The van der Waals surface area contributed by atoms with Crippen LogP contribution in [0.1, 0.15) is 23.2 Å². The van der Waals surface area contributed by atoms with Gasteiger partial charge in [-0.2, -0.15) is 0 Å². The average Bonchev–Trinajstić information content (AvgIpc) is 3.05. The molecule has 1 aliphatic carbocycles. The van der Waals surface area contributed by atoms with Crippen LogP contribution in [0.25, 0.3) is 0 Å². The number of fused-ring (bicyclic) bond motifs is 1. The Morgan fingerprint density at radius 2 is 2.20 bits per heavy atom. The molecule has 1 aromatic heterocycles. The fourth-order valence-electron chi connectivity index (χ4n) is 3.19. The molecule has 2 fully saturated rings. The van der Waals surface area contributed by atoms with Crippen molar-refractivity contribution in [2.75, 3.05) is 13.1 Å². The van der Waals surface area contributed by atoms with E-state index in [0.29, 0.717) is 23.9 Å². The minimum absolute atomic E-state index is 0. The molecule has 1 aliphatic heterocycles. The molecule has 2 aliphatic rings. The molecule has 0 radical (unpaired) electrons. The number of hydrogen-bond acceptors (Lipinski definition) is 5. The molecule has 1 saturated heterocycles. The normalized spacial score (nSPS) is 28.1. The topological polar surface area (TPSA) is 89.5 Å². The molecule has 1 amide bonds. The zero-order valence-corrected chi connectivity index (χ0v) is 12.4. The van der Waals surface area contributed by atoms with Gasteiger partial charge in [0.2, 0.25) is 0 Å². The number of halogens is 1. The van der Waals surface area contributed by atoms with E-state index in [-0.39, 0.29) is 29.4 Å². The van der Waals surface area contributed by atoms with Gasteiger partial charge in [-0.1, -0.05) is 11.3 Å². The maximum Gasteiger partial charge on any atom is 0.324 e. The molecule has 2 N–H and O–H groups in total. The van der Waals surface area contributed by atoms with Gasteiger partial charge >= 0.3 is 5.00 Å². The molecule has 0 aromatic carbocycles. The zero-order valence-electron chi connectivity index (χ0n) is 10.7. The SMILES string of the molecule is Cl.NC1CCC2CN(C(=O)c3csc([N+](=O)[O-])c3)CC12.